The lowest BCUT2D eigenvalue weighted by atomic mass is 10.0. The lowest BCUT2D eigenvalue weighted by Gasteiger charge is -2.08. The van der Waals surface area contributed by atoms with Crippen molar-refractivity contribution in [1.82, 2.24) is 10.2 Å². The molecule has 0 unspecified atom stereocenters. The van der Waals surface area contributed by atoms with Gasteiger partial charge in [0.15, 0.2) is 16.8 Å². The normalized spacial score (nSPS) is 10.9. The van der Waals surface area contributed by atoms with Crippen LogP contribution in [0, 0.1) is 11.6 Å². The van der Waals surface area contributed by atoms with Crippen molar-refractivity contribution in [2.45, 2.75) is 0 Å². The molecule has 0 aliphatic carbocycles. The number of benzene rings is 2. The van der Waals surface area contributed by atoms with Gasteiger partial charge in [0.2, 0.25) is 0 Å². The van der Waals surface area contributed by atoms with Crippen LogP contribution in [0.15, 0.2) is 36.4 Å². The predicted octanol–water partition coefficient (Wildman–Crippen LogP) is 4.24. The van der Waals surface area contributed by atoms with Gasteiger partial charge in [-0.3, -0.25) is 0 Å². The van der Waals surface area contributed by atoms with E-state index in [1.807, 2.05) is 0 Å². The van der Waals surface area contributed by atoms with Gasteiger partial charge < -0.3 is 4.74 Å². The lowest BCUT2D eigenvalue weighted by Crippen LogP contribution is -1.94. The van der Waals surface area contributed by atoms with Gasteiger partial charge >= 0.3 is 0 Å². The number of methoxy groups -OCH3 is 1. The summed E-state index contributed by atoms with van der Waals surface area (Å²) in [4.78, 5) is 0. The van der Waals surface area contributed by atoms with Crippen LogP contribution in [0.5, 0.6) is 5.75 Å². The number of rotatable bonds is 2. The molecule has 0 fully saturated rings. The minimum absolute atomic E-state index is 0.0289. The van der Waals surface area contributed by atoms with Gasteiger partial charge in [-0.25, -0.2) is 8.78 Å². The highest BCUT2D eigenvalue weighted by Gasteiger charge is 2.14. The van der Waals surface area contributed by atoms with Gasteiger partial charge in [0.05, 0.1) is 7.11 Å². The highest BCUT2D eigenvalue weighted by Crippen LogP contribution is 2.31. The van der Waals surface area contributed by atoms with Crippen molar-refractivity contribution in [2.75, 3.05) is 7.11 Å². The van der Waals surface area contributed by atoms with Crippen LogP contribution in [0.2, 0.25) is 5.15 Å². The van der Waals surface area contributed by atoms with Crippen molar-refractivity contribution in [2.24, 2.45) is 0 Å². The van der Waals surface area contributed by atoms with E-state index >= 15 is 0 Å². The SMILES string of the molecule is COc1ccc(-c2nnc(Cl)c3cc(F)c(F)cc23)cc1. The Hall–Kier alpha value is -2.27. The van der Waals surface area contributed by atoms with Gasteiger partial charge in [0.1, 0.15) is 11.4 Å². The molecule has 0 aliphatic heterocycles. The lowest BCUT2D eigenvalue weighted by molar-refractivity contribution is 0.415. The third-order valence-electron chi connectivity index (χ3n) is 3.14. The van der Waals surface area contributed by atoms with E-state index in [4.69, 9.17) is 16.3 Å². The van der Waals surface area contributed by atoms with Crippen molar-refractivity contribution in [1.29, 1.82) is 0 Å². The second-order valence-corrected chi connectivity index (χ2v) is 4.74. The first-order chi connectivity index (χ1) is 10.1. The Morgan fingerprint density at radius 2 is 1.57 bits per heavy atom. The number of nitrogens with zero attached hydrogens (tertiary/aromatic N) is 2. The monoisotopic (exact) mass is 306 g/mol. The Morgan fingerprint density at radius 3 is 2.19 bits per heavy atom. The Balaban J connectivity index is 2.26. The van der Waals surface area contributed by atoms with E-state index in [1.54, 1.807) is 31.4 Å². The average molecular weight is 307 g/mol. The molecule has 0 atom stereocenters. The van der Waals surface area contributed by atoms with E-state index in [-0.39, 0.29) is 5.15 Å². The maximum atomic E-state index is 13.5. The molecule has 106 valence electrons. The molecule has 6 heteroatoms. The van der Waals surface area contributed by atoms with Gasteiger partial charge in [-0.2, -0.15) is 0 Å². The Labute approximate surface area is 124 Å². The first kappa shape index (κ1) is 13.7. The highest BCUT2D eigenvalue weighted by atomic mass is 35.5. The summed E-state index contributed by atoms with van der Waals surface area (Å²) in [7, 11) is 1.56. The smallest absolute Gasteiger partial charge is 0.159 e. The molecule has 0 N–H and O–H groups in total. The topological polar surface area (TPSA) is 35.0 Å². The van der Waals surface area contributed by atoms with Crippen LogP contribution in [0.4, 0.5) is 8.78 Å². The molecule has 3 nitrogen and oxygen atoms in total. The fourth-order valence-corrected chi connectivity index (χ4v) is 2.27. The largest absolute Gasteiger partial charge is 0.497 e. The molecule has 0 amide bonds. The van der Waals surface area contributed by atoms with Gasteiger partial charge in [-0.05, 0) is 36.4 Å². The quantitative estimate of drug-likeness (QED) is 0.710. The number of ether oxygens (including phenoxy) is 1. The molecule has 0 bridgehead atoms. The molecular formula is C15H9ClF2N2O. The Bertz CT molecular complexity index is 822. The van der Waals surface area contributed by atoms with Crippen molar-refractivity contribution >= 4 is 22.4 Å². The molecule has 0 spiro atoms. The third-order valence-corrected chi connectivity index (χ3v) is 3.42. The summed E-state index contributed by atoms with van der Waals surface area (Å²) in [5.41, 5.74) is 1.13. The van der Waals surface area contributed by atoms with E-state index in [2.05, 4.69) is 10.2 Å². The van der Waals surface area contributed by atoms with Crippen LogP contribution >= 0.6 is 11.6 Å². The van der Waals surface area contributed by atoms with E-state index in [0.717, 1.165) is 12.1 Å². The maximum absolute atomic E-state index is 13.5. The summed E-state index contributed by atoms with van der Waals surface area (Å²) >= 11 is 5.91. The second kappa shape index (κ2) is 5.26. The summed E-state index contributed by atoms with van der Waals surface area (Å²) in [6, 6.07) is 9.11. The van der Waals surface area contributed by atoms with Crippen LogP contribution in [-0.4, -0.2) is 17.3 Å². The zero-order valence-electron chi connectivity index (χ0n) is 10.9. The maximum Gasteiger partial charge on any atom is 0.159 e. The molecule has 2 aromatic carbocycles. The predicted molar refractivity (Wildman–Crippen MR) is 76.5 cm³/mol. The number of halogens is 3. The van der Waals surface area contributed by atoms with Gasteiger partial charge in [0, 0.05) is 16.3 Å². The molecule has 3 aromatic rings. The standard InChI is InChI=1S/C15H9ClF2N2O/c1-21-9-4-2-8(3-5-9)14-10-6-12(17)13(18)7-11(10)15(16)20-19-14/h2-7H,1H3. The minimum atomic E-state index is -0.974. The van der Waals surface area contributed by atoms with E-state index in [0.29, 0.717) is 27.8 Å². The first-order valence-corrected chi connectivity index (χ1v) is 6.43. The fourth-order valence-electron chi connectivity index (χ4n) is 2.08. The average Bonchev–Trinajstić information content (AvgIpc) is 2.50. The van der Waals surface area contributed by atoms with Crippen molar-refractivity contribution in [3.63, 3.8) is 0 Å². The van der Waals surface area contributed by atoms with E-state index in [9.17, 15) is 8.78 Å². The van der Waals surface area contributed by atoms with Gasteiger partial charge in [-0.15, -0.1) is 10.2 Å². The minimum Gasteiger partial charge on any atom is -0.497 e. The Kier molecular flexibility index (Phi) is 3.43. The zero-order valence-corrected chi connectivity index (χ0v) is 11.7. The third kappa shape index (κ3) is 2.40. The highest BCUT2D eigenvalue weighted by molar-refractivity contribution is 6.34. The second-order valence-electron chi connectivity index (χ2n) is 4.38. The molecule has 0 aliphatic rings. The van der Waals surface area contributed by atoms with Gasteiger partial charge in [0.25, 0.3) is 0 Å². The van der Waals surface area contributed by atoms with Crippen molar-refractivity contribution in [3.05, 3.63) is 53.2 Å². The van der Waals surface area contributed by atoms with E-state index in [1.165, 1.54) is 0 Å². The molecule has 0 saturated heterocycles. The van der Waals surface area contributed by atoms with Crippen LogP contribution in [0.3, 0.4) is 0 Å². The van der Waals surface area contributed by atoms with E-state index < -0.39 is 11.6 Å². The van der Waals surface area contributed by atoms with Crippen molar-refractivity contribution < 1.29 is 13.5 Å². The summed E-state index contributed by atoms with van der Waals surface area (Å²) in [5, 5.41) is 8.53. The molecule has 1 heterocycles. The van der Waals surface area contributed by atoms with Crippen LogP contribution in [0.25, 0.3) is 22.0 Å². The zero-order chi connectivity index (χ0) is 15.0. The first-order valence-electron chi connectivity index (χ1n) is 6.05. The number of fused-ring (bicyclic) bond motifs is 1. The Morgan fingerprint density at radius 1 is 0.952 bits per heavy atom. The summed E-state index contributed by atoms with van der Waals surface area (Å²) in [6.45, 7) is 0. The fraction of sp³-hybridized carbons (Fsp3) is 0.0667. The molecule has 0 saturated carbocycles. The van der Waals surface area contributed by atoms with Crippen LogP contribution < -0.4 is 4.74 Å². The van der Waals surface area contributed by atoms with Crippen LogP contribution in [-0.2, 0) is 0 Å². The molecule has 1 aromatic heterocycles. The number of hydrogen-bond donors (Lipinski definition) is 0. The summed E-state index contributed by atoms with van der Waals surface area (Å²) in [6.07, 6.45) is 0. The van der Waals surface area contributed by atoms with Crippen molar-refractivity contribution in [3.8, 4) is 17.0 Å². The molecule has 3 rings (SSSR count). The number of hydrogen-bond acceptors (Lipinski definition) is 3. The number of aromatic nitrogens is 2. The van der Waals surface area contributed by atoms with Crippen LogP contribution in [0.1, 0.15) is 0 Å². The summed E-state index contributed by atoms with van der Waals surface area (Å²) in [5.74, 6) is -1.25. The molecule has 0 radical (unpaired) electrons. The summed E-state index contributed by atoms with van der Waals surface area (Å²) < 4.78 is 32.0. The van der Waals surface area contributed by atoms with Gasteiger partial charge in [-0.1, -0.05) is 11.6 Å². The molecule has 21 heavy (non-hydrogen) atoms. The molecular weight excluding hydrogens is 298 g/mol.